The predicted molar refractivity (Wildman–Crippen MR) is 159 cm³/mol. The molecule has 1 saturated carbocycles. The van der Waals surface area contributed by atoms with Crippen LogP contribution in [0.1, 0.15) is 44.6 Å². The quantitative estimate of drug-likeness (QED) is 0.293. The van der Waals surface area contributed by atoms with E-state index < -0.39 is 34.3 Å². The molecule has 0 spiro atoms. The summed E-state index contributed by atoms with van der Waals surface area (Å²) in [6, 6.07) is 16.6. The van der Waals surface area contributed by atoms with Gasteiger partial charge in [0.2, 0.25) is 11.8 Å². The van der Waals surface area contributed by atoms with Gasteiger partial charge in [0.25, 0.3) is 10.0 Å². The van der Waals surface area contributed by atoms with Crippen molar-refractivity contribution in [3.8, 4) is 0 Å². The number of amides is 2. The molecule has 3 aromatic carbocycles. The Bertz CT molecular complexity index is 1480. The summed E-state index contributed by atoms with van der Waals surface area (Å²) in [5.41, 5.74) is 0.360. The smallest absolute Gasteiger partial charge is 0.264 e. The first kappa shape index (κ1) is 30.8. The van der Waals surface area contributed by atoms with E-state index in [1.807, 2.05) is 0 Å². The summed E-state index contributed by atoms with van der Waals surface area (Å²) in [5.74, 6) is -1.60. The number of carbonyl (C=O) groups excluding carboxylic acids is 2. The Labute approximate surface area is 250 Å². The molecule has 41 heavy (non-hydrogen) atoms. The molecule has 1 N–H and O–H groups in total. The largest absolute Gasteiger partial charge is 0.352 e. The van der Waals surface area contributed by atoms with Gasteiger partial charge in [-0.3, -0.25) is 13.9 Å². The summed E-state index contributed by atoms with van der Waals surface area (Å²) in [7, 11) is -4.27. The van der Waals surface area contributed by atoms with Crippen LogP contribution in [0.25, 0.3) is 0 Å². The topological polar surface area (TPSA) is 86.8 Å². The summed E-state index contributed by atoms with van der Waals surface area (Å²) in [6.07, 6.45) is 4.83. The summed E-state index contributed by atoms with van der Waals surface area (Å²) in [5, 5.41) is 3.64. The van der Waals surface area contributed by atoms with Crippen LogP contribution in [-0.2, 0) is 26.2 Å². The molecule has 0 aliphatic heterocycles. The molecule has 0 aromatic heterocycles. The van der Waals surface area contributed by atoms with Crippen LogP contribution in [0.4, 0.5) is 10.1 Å². The van der Waals surface area contributed by atoms with Crippen molar-refractivity contribution in [2.75, 3.05) is 10.8 Å². The van der Waals surface area contributed by atoms with Gasteiger partial charge in [0.15, 0.2) is 0 Å². The second-order valence-corrected chi connectivity index (χ2v) is 12.8. The molecule has 1 fully saturated rings. The van der Waals surface area contributed by atoms with Crippen LogP contribution in [0.2, 0.25) is 10.0 Å². The molecule has 1 aliphatic rings. The van der Waals surface area contributed by atoms with Crippen molar-refractivity contribution in [2.45, 2.75) is 62.6 Å². The monoisotopic (exact) mass is 619 g/mol. The predicted octanol–water partition coefficient (Wildman–Crippen LogP) is 6.19. The Hall–Kier alpha value is -3.14. The van der Waals surface area contributed by atoms with Gasteiger partial charge in [-0.1, -0.05) is 66.7 Å². The Morgan fingerprint density at radius 2 is 1.63 bits per heavy atom. The average Bonchev–Trinajstić information content (AvgIpc) is 2.95. The first-order valence-electron chi connectivity index (χ1n) is 13.4. The number of halogens is 3. The van der Waals surface area contributed by atoms with Gasteiger partial charge in [0.1, 0.15) is 18.4 Å². The summed E-state index contributed by atoms with van der Waals surface area (Å²) in [4.78, 5) is 28.4. The van der Waals surface area contributed by atoms with Crippen molar-refractivity contribution >= 4 is 50.7 Å². The van der Waals surface area contributed by atoms with Gasteiger partial charge in [0.05, 0.1) is 10.6 Å². The van der Waals surface area contributed by atoms with E-state index >= 15 is 0 Å². The molecule has 218 valence electrons. The van der Waals surface area contributed by atoms with Crippen LogP contribution in [0.3, 0.4) is 0 Å². The van der Waals surface area contributed by atoms with Crippen LogP contribution in [0.15, 0.2) is 77.7 Å². The van der Waals surface area contributed by atoms with Crippen molar-refractivity contribution in [3.63, 3.8) is 0 Å². The van der Waals surface area contributed by atoms with E-state index in [1.54, 1.807) is 25.1 Å². The Morgan fingerprint density at radius 3 is 2.29 bits per heavy atom. The summed E-state index contributed by atoms with van der Waals surface area (Å²) >= 11 is 12.2. The van der Waals surface area contributed by atoms with Gasteiger partial charge in [-0.25, -0.2) is 12.8 Å². The molecule has 11 heteroatoms. The second-order valence-electron chi connectivity index (χ2n) is 10.1. The third kappa shape index (κ3) is 7.78. The molecule has 0 bridgehead atoms. The molecule has 0 saturated heterocycles. The van der Waals surface area contributed by atoms with Crippen molar-refractivity contribution < 1.29 is 22.4 Å². The van der Waals surface area contributed by atoms with Crippen LogP contribution < -0.4 is 9.62 Å². The molecular formula is C30H32Cl2FN3O4S. The van der Waals surface area contributed by atoms with E-state index in [-0.39, 0.29) is 39.7 Å². The van der Waals surface area contributed by atoms with Crippen molar-refractivity contribution in [1.29, 1.82) is 0 Å². The zero-order valence-electron chi connectivity index (χ0n) is 22.6. The normalized spacial score (nSPS) is 14.7. The molecule has 4 rings (SSSR count). The highest BCUT2D eigenvalue weighted by Crippen LogP contribution is 2.28. The SMILES string of the molecule is C[C@H](C(=O)NC1CCCCC1)N(Cc1ccccc1F)C(=O)CN(c1cccc(Cl)c1)S(=O)(=O)c1ccc(Cl)cc1. The maximum Gasteiger partial charge on any atom is 0.264 e. The minimum atomic E-state index is -4.27. The van der Waals surface area contributed by atoms with E-state index in [0.29, 0.717) is 5.02 Å². The zero-order valence-corrected chi connectivity index (χ0v) is 24.9. The molecule has 0 radical (unpaired) electrons. The maximum absolute atomic E-state index is 14.7. The number of hydrogen-bond acceptors (Lipinski definition) is 4. The van der Waals surface area contributed by atoms with Gasteiger partial charge < -0.3 is 10.2 Å². The lowest BCUT2D eigenvalue weighted by atomic mass is 9.95. The van der Waals surface area contributed by atoms with Gasteiger partial charge in [-0.2, -0.15) is 0 Å². The molecule has 2 amide bonds. The minimum Gasteiger partial charge on any atom is -0.352 e. The number of nitrogens with one attached hydrogen (secondary N) is 1. The Balaban J connectivity index is 1.68. The van der Waals surface area contributed by atoms with Gasteiger partial charge in [-0.05, 0) is 68.3 Å². The van der Waals surface area contributed by atoms with E-state index in [9.17, 15) is 22.4 Å². The minimum absolute atomic E-state index is 0.00245. The molecular weight excluding hydrogens is 588 g/mol. The third-order valence-corrected chi connectivity index (χ3v) is 9.47. The fourth-order valence-corrected chi connectivity index (χ4v) is 6.57. The number of sulfonamides is 1. The van der Waals surface area contributed by atoms with Gasteiger partial charge in [0, 0.05) is 28.2 Å². The number of benzene rings is 3. The second kappa shape index (κ2) is 13.7. The first-order chi connectivity index (χ1) is 19.6. The molecule has 0 heterocycles. The van der Waals surface area contributed by atoms with Crippen molar-refractivity contribution in [1.82, 2.24) is 10.2 Å². The van der Waals surface area contributed by atoms with Crippen LogP contribution in [-0.4, -0.2) is 43.8 Å². The number of anilines is 1. The number of rotatable bonds is 10. The zero-order chi connectivity index (χ0) is 29.6. The lowest BCUT2D eigenvalue weighted by Crippen LogP contribution is -2.53. The average molecular weight is 621 g/mol. The van der Waals surface area contributed by atoms with E-state index in [1.165, 1.54) is 59.5 Å². The molecule has 7 nitrogen and oxygen atoms in total. The van der Waals surface area contributed by atoms with E-state index in [0.717, 1.165) is 36.4 Å². The lowest BCUT2D eigenvalue weighted by molar-refractivity contribution is -0.139. The number of carbonyl (C=O) groups is 2. The fourth-order valence-electron chi connectivity index (χ4n) is 4.86. The Morgan fingerprint density at radius 1 is 0.951 bits per heavy atom. The molecule has 0 unspecified atom stereocenters. The number of hydrogen-bond donors (Lipinski definition) is 1. The highest BCUT2D eigenvalue weighted by Gasteiger charge is 2.33. The van der Waals surface area contributed by atoms with Crippen molar-refractivity contribution in [3.05, 3.63) is 94.2 Å². The highest BCUT2D eigenvalue weighted by molar-refractivity contribution is 7.92. The van der Waals surface area contributed by atoms with Gasteiger partial charge in [-0.15, -0.1) is 0 Å². The van der Waals surface area contributed by atoms with E-state index in [4.69, 9.17) is 23.2 Å². The summed E-state index contributed by atoms with van der Waals surface area (Å²) in [6.45, 7) is 0.685. The standard InChI is InChI=1S/C30H32Cl2FN3O4S/c1-21(30(38)34-25-10-3-2-4-11-25)35(19-22-8-5-6-13-28(22)33)29(37)20-36(26-12-7-9-24(32)18-26)41(39,40)27-16-14-23(31)15-17-27/h5-9,12-18,21,25H,2-4,10-11,19-20H2,1H3,(H,34,38)/t21-/m1/s1. The third-order valence-electron chi connectivity index (χ3n) is 7.19. The fraction of sp³-hybridized carbons (Fsp3) is 0.333. The molecule has 1 atom stereocenters. The van der Waals surface area contributed by atoms with Crippen LogP contribution in [0.5, 0.6) is 0 Å². The van der Waals surface area contributed by atoms with Gasteiger partial charge >= 0.3 is 0 Å². The molecule has 3 aromatic rings. The maximum atomic E-state index is 14.7. The number of nitrogens with zero attached hydrogens (tertiary/aromatic N) is 2. The summed E-state index contributed by atoms with van der Waals surface area (Å²) < 4.78 is 43.3. The Kier molecular flexibility index (Phi) is 10.3. The van der Waals surface area contributed by atoms with Crippen LogP contribution >= 0.6 is 23.2 Å². The van der Waals surface area contributed by atoms with Crippen LogP contribution in [0, 0.1) is 5.82 Å². The highest BCUT2D eigenvalue weighted by atomic mass is 35.5. The lowest BCUT2D eigenvalue weighted by Gasteiger charge is -2.33. The molecule has 1 aliphatic carbocycles. The first-order valence-corrected chi connectivity index (χ1v) is 15.6. The van der Waals surface area contributed by atoms with Crippen molar-refractivity contribution in [2.24, 2.45) is 0 Å². The van der Waals surface area contributed by atoms with E-state index in [2.05, 4.69) is 5.32 Å².